The van der Waals surface area contributed by atoms with Gasteiger partial charge in [-0.15, -0.1) is 0 Å². The second kappa shape index (κ2) is 3.21. The van der Waals surface area contributed by atoms with Crippen LogP contribution in [-0.4, -0.2) is 27.6 Å². The minimum atomic E-state index is -0.699. The summed E-state index contributed by atoms with van der Waals surface area (Å²) in [7, 11) is 2.56. The highest BCUT2D eigenvalue weighted by molar-refractivity contribution is 5.85. The number of hydrogen-bond donors (Lipinski definition) is 0. The summed E-state index contributed by atoms with van der Waals surface area (Å²) < 4.78 is 5.43. The molecule has 0 amide bonds. The Balaban J connectivity index is 3.13. The summed E-state index contributed by atoms with van der Waals surface area (Å²) in [5, 5.41) is 10.3. The number of ether oxygens (including phenoxy) is 1. The van der Waals surface area contributed by atoms with Crippen LogP contribution in [0, 0.1) is 10.1 Å². The van der Waals surface area contributed by atoms with Crippen molar-refractivity contribution in [2.45, 2.75) is 0 Å². The number of nitro groups is 1. The quantitative estimate of drug-likeness (QED) is 0.371. The lowest BCUT2D eigenvalue weighted by molar-refractivity contribution is -0.391. The zero-order chi connectivity index (χ0) is 10.0. The predicted molar refractivity (Wildman–Crippen MR) is 41.2 cm³/mol. The van der Waals surface area contributed by atoms with E-state index < -0.39 is 10.9 Å². The topological polar surface area (TPSA) is 87.3 Å². The Morgan fingerprint density at radius 1 is 1.77 bits per heavy atom. The van der Waals surface area contributed by atoms with Crippen molar-refractivity contribution in [3.63, 3.8) is 0 Å². The first-order chi connectivity index (χ1) is 6.07. The number of carbonyl (C=O) groups excluding carboxylic acids is 1. The van der Waals surface area contributed by atoms with E-state index in [0.29, 0.717) is 0 Å². The molecule has 0 saturated carbocycles. The molecule has 70 valence electrons. The van der Waals surface area contributed by atoms with Gasteiger partial charge >= 0.3 is 17.6 Å². The molecular weight excluding hydrogens is 178 g/mol. The van der Waals surface area contributed by atoms with Gasteiger partial charge in [-0.1, -0.05) is 0 Å². The van der Waals surface area contributed by atoms with Gasteiger partial charge in [0.15, 0.2) is 0 Å². The molecule has 0 saturated heterocycles. The van der Waals surface area contributed by atoms with E-state index in [1.54, 1.807) is 0 Å². The Bertz CT molecular complexity index is 357. The number of nitrogens with zero attached hydrogens (tertiary/aromatic N) is 3. The molecule has 0 spiro atoms. The molecule has 1 aromatic heterocycles. The minimum Gasteiger partial charge on any atom is -0.462 e. The molecule has 0 radical (unpaired) electrons. The number of carbonyl (C=O) groups is 1. The van der Waals surface area contributed by atoms with Crippen molar-refractivity contribution in [1.29, 1.82) is 0 Å². The van der Waals surface area contributed by atoms with Crippen LogP contribution < -0.4 is 0 Å². The van der Waals surface area contributed by atoms with Crippen molar-refractivity contribution >= 4 is 11.8 Å². The van der Waals surface area contributed by atoms with Gasteiger partial charge in [-0.3, -0.25) is 0 Å². The van der Waals surface area contributed by atoms with Crippen LogP contribution in [0.3, 0.4) is 0 Å². The minimum absolute atomic E-state index is 0.0887. The maximum Gasteiger partial charge on any atom is 0.398 e. The highest BCUT2D eigenvalue weighted by Crippen LogP contribution is 2.11. The summed E-state index contributed by atoms with van der Waals surface area (Å²) in [4.78, 5) is 24.2. The van der Waals surface area contributed by atoms with E-state index in [0.717, 1.165) is 10.8 Å². The summed E-state index contributed by atoms with van der Waals surface area (Å²) in [6.45, 7) is 0. The Morgan fingerprint density at radius 2 is 2.38 bits per heavy atom. The number of imidazole rings is 1. The van der Waals surface area contributed by atoms with Gasteiger partial charge in [-0.2, -0.15) is 0 Å². The molecule has 0 unspecified atom stereocenters. The van der Waals surface area contributed by atoms with E-state index in [9.17, 15) is 14.9 Å². The van der Waals surface area contributed by atoms with E-state index in [1.807, 2.05) is 0 Å². The van der Waals surface area contributed by atoms with Crippen molar-refractivity contribution in [3.8, 4) is 0 Å². The monoisotopic (exact) mass is 185 g/mol. The van der Waals surface area contributed by atoms with E-state index in [4.69, 9.17) is 0 Å². The van der Waals surface area contributed by atoms with Crippen LogP contribution in [0.1, 0.15) is 10.6 Å². The molecule has 7 heteroatoms. The van der Waals surface area contributed by atoms with Gasteiger partial charge in [0, 0.05) is 0 Å². The lowest BCUT2D eigenvalue weighted by atomic mass is 10.6. The fourth-order valence-electron chi connectivity index (χ4n) is 0.851. The summed E-state index contributed by atoms with van der Waals surface area (Å²) in [6.07, 6.45) is 1.01. The number of esters is 1. The second-order valence-electron chi connectivity index (χ2n) is 2.25. The van der Waals surface area contributed by atoms with Crippen LogP contribution in [0.15, 0.2) is 6.20 Å². The van der Waals surface area contributed by atoms with Crippen LogP contribution >= 0.6 is 0 Å². The molecule has 0 atom stereocenters. The maximum atomic E-state index is 10.9. The van der Waals surface area contributed by atoms with Crippen molar-refractivity contribution < 1.29 is 14.5 Å². The van der Waals surface area contributed by atoms with Crippen LogP contribution in [0.25, 0.3) is 0 Å². The summed E-state index contributed by atoms with van der Waals surface area (Å²) in [5.74, 6) is -1.04. The van der Waals surface area contributed by atoms with Gasteiger partial charge in [-0.25, -0.2) is 14.3 Å². The molecule has 0 N–H and O–H groups in total. The molecule has 0 aromatic carbocycles. The fraction of sp³-hybridized carbons (Fsp3) is 0.333. The smallest absolute Gasteiger partial charge is 0.398 e. The van der Waals surface area contributed by atoms with Gasteiger partial charge in [-0.05, 0) is 4.92 Å². The number of hydrogen-bond acceptors (Lipinski definition) is 5. The maximum absolute atomic E-state index is 10.9. The SMILES string of the molecule is COC(=O)c1ncc([N+](=O)[O-])n1C. The first-order valence-electron chi connectivity index (χ1n) is 3.32. The second-order valence-corrected chi connectivity index (χ2v) is 2.25. The third kappa shape index (κ3) is 1.48. The van der Waals surface area contributed by atoms with E-state index in [2.05, 4.69) is 9.72 Å². The standard InChI is InChI=1S/C6H7N3O4/c1-8-4(9(11)12)3-7-5(8)6(10)13-2/h3H,1-2H3. The summed E-state index contributed by atoms with van der Waals surface area (Å²) in [5.41, 5.74) is 0. The average Bonchev–Trinajstić information content (AvgIpc) is 2.46. The van der Waals surface area contributed by atoms with Gasteiger partial charge in [0.2, 0.25) is 0 Å². The third-order valence-electron chi connectivity index (χ3n) is 1.52. The molecule has 1 heterocycles. The van der Waals surface area contributed by atoms with Crippen molar-refractivity contribution in [2.24, 2.45) is 7.05 Å². The highest BCUT2D eigenvalue weighted by Gasteiger charge is 2.22. The van der Waals surface area contributed by atoms with Gasteiger partial charge in [0.1, 0.15) is 6.20 Å². The first kappa shape index (κ1) is 9.17. The van der Waals surface area contributed by atoms with E-state index in [1.165, 1.54) is 14.2 Å². The molecule has 1 aromatic rings. The molecule has 0 aliphatic rings. The van der Waals surface area contributed by atoms with Crippen molar-refractivity contribution in [1.82, 2.24) is 9.55 Å². The van der Waals surface area contributed by atoms with Crippen LogP contribution in [0.4, 0.5) is 5.82 Å². The molecule has 7 nitrogen and oxygen atoms in total. The van der Waals surface area contributed by atoms with E-state index >= 15 is 0 Å². The average molecular weight is 185 g/mol. The normalized spacial score (nSPS) is 9.69. The molecule has 0 aliphatic carbocycles. The van der Waals surface area contributed by atoms with Crippen LogP contribution in [-0.2, 0) is 11.8 Å². The Kier molecular flexibility index (Phi) is 2.27. The molecule has 1 rings (SSSR count). The molecule has 0 aliphatic heterocycles. The Hall–Kier alpha value is -1.92. The summed E-state index contributed by atoms with van der Waals surface area (Å²) in [6, 6.07) is 0. The number of aromatic nitrogens is 2. The van der Waals surface area contributed by atoms with Gasteiger partial charge < -0.3 is 14.9 Å². The lowest BCUT2D eigenvalue weighted by Crippen LogP contribution is -2.10. The summed E-state index contributed by atoms with van der Waals surface area (Å²) >= 11 is 0. The third-order valence-corrected chi connectivity index (χ3v) is 1.52. The largest absolute Gasteiger partial charge is 0.462 e. The predicted octanol–water partition coefficient (Wildman–Crippen LogP) is 0.115. The Morgan fingerprint density at radius 3 is 2.77 bits per heavy atom. The zero-order valence-electron chi connectivity index (χ0n) is 7.05. The molecular formula is C6H7N3O4. The fourth-order valence-corrected chi connectivity index (χ4v) is 0.851. The Labute approximate surface area is 73.1 Å². The van der Waals surface area contributed by atoms with Gasteiger partial charge in [0.05, 0.1) is 14.2 Å². The van der Waals surface area contributed by atoms with E-state index in [-0.39, 0.29) is 11.6 Å². The lowest BCUT2D eigenvalue weighted by Gasteiger charge is -1.95. The molecule has 13 heavy (non-hydrogen) atoms. The van der Waals surface area contributed by atoms with Crippen molar-refractivity contribution in [3.05, 3.63) is 22.1 Å². The number of methoxy groups -OCH3 is 1. The van der Waals surface area contributed by atoms with Crippen molar-refractivity contribution in [2.75, 3.05) is 7.11 Å². The molecule has 0 bridgehead atoms. The number of rotatable bonds is 2. The first-order valence-corrected chi connectivity index (χ1v) is 3.32. The van der Waals surface area contributed by atoms with Crippen LogP contribution in [0.2, 0.25) is 0 Å². The van der Waals surface area contributed by atoms with Crippen LogP contribution in [0.5, 0.6) is 0 Å². The highest BCUT2D eigenvalue weighted by atomic mass is 16.6. The van der Waals surface area contributed by atoms with Gasteiger partial charge in [0.25, 0.3) is 0 Å². The zero-order valence-corrected chi connectivity index (χ0v) is 7.05. The molecule has 0 fully saturated rings.